The molecule has 1 atom stereocenters. The van der Waals surface area contributed by atoms with Gasteiger partial charge in [0.2, 0.25) is 0 Å². The Labute approximate surface area is 148 Å². The summed E-state index contributed by atoms with van der Waals surface area (Å²) in [5.74, 6) is 1.12. The fraction of sp³-hybridized carbons (Fsp3) is 0.350. The molecule has 1 aliphatic rings. The van der Waals surface area contributed by atoms with Crippen LogP contribution in [0.2, 0.25) is 0 Å². The van der Waals surface area contributed by atoms with Crippen molar-refractivity contribution in [2.75, 3.05) is 6.61 Å². The second-order valence-electron chi connectivity index (χ2n) is 6.80. The third-order valence-electron chi connectivity index (χ3n) is 3.97. The first kappa shape index (κ1) is 17.3. The SMILES string of the molecule is CC(COc1ccc2c(c1)OC(C)(C)NC2=O)NCc1ccccc1. The summed E-state index contributed by atoms with van der Waals surface area (Å²) in [5.41, 5.74) is 1.06. The maximum atomic E-state index is 12.1. The summed E-state index contributed by atoms with van der Waals surface area (Å²) in [6, 6.07) is 15.8. The first-order valence-electron chi connectivity index (χ1n) is 8.49. The van der Waals surface area contributed by atoms with Crippen LogP contribution in [0.4, 0.5) is 0 Å². The molecule has 0 spiro atoms. The highest BCUT2D eigenvalue weighted by molar-refractivity contribution is 5.98. The van der Waals surface area contributed by atoms with E-state index in [1.54, 1.807) is 18.2 Å². The molecule has 0 saturated carbocycles. The molecule has 25 heavy (non-hydrogen) atoms. The molecule has 0 bridgehead atoms. The number of carbonyl (C=O) groups excluding carboxylic acids is 1. The lowest BCUT2D eigenvalue weighted by Gasteiger charge is -2.33. The smallest absolute Gasteiger partial charge is 0.258 e. The zero-order chi connectivity index (χ0) is 17.9. The number of ether oxygens (including phenoxy) is 2. The third-order valence-corrected chi connectivity index (χ3v) is 3.97. The van der Waals surface area contributed by atoms with Gasteiger partial charge in [-0.1, -0.05) is 30.3 Å². The molecule has 2 aromatic rings. The van der Waals surface area contributed by atoms with Crippen LogP contribution in [0.1, 0.15) is 36.7 Å². The minimum Gasteiger partial charge on any atom is -0.492 e. The van der Waals surface area contributed by atoms with Crippen molar-refractivity contribution < 1.29 is 14.3 Å². The number of fused-ring (bicyclic) bond motifs is 1. The van der Waals surface area contributed by atoms with Gasteiger partial charge in [0.05, 0.1) is 5.56 Å². The quantitative estimate of drug-likeness (QED) is 0.848. The Bertz CT molecular complexity index is 744. The van der Waals surface area contributed by atoms with E-state index in [1.165, 1.54) is 5.56 Å². The van der Waals surface area contributed by atoms with Gasteiger partial charge in [-0.05, 0) is 38.5 Å². The van der Waals surface area contributed by atoms with Gasteiger partial charge < -0.3 is 20.1 Å². The monoisotopic (exact) mass is 340 g/mol. The highest BCUT2D eigenvalue weighted by Crippen LogP contribution is 2.31. The van der Waals surface area contributed by atoms with Crippen molar-refractivity contribution in [1.29, 1.82) is 0 Å². The van der Waals surface area contributed by atoms with Crippen molar-refractivity contribution in [3.8, 4) is 11.5 Å². The number of rotatable bonds is 6. The van der Waals surface area contributed by atoms with Gasteiger partial charge in [0, 0.05) is 18.7 Å². The van der Waals surface area contributed by atoms with E-state index in [9.17, 15) is 4.79 Å². The van der Waals surface area contributed by atoms with Crippen LogP contribution in [-0.2, 0) is 6.54 Å². The summed E-state index contributed by atoms with van der Waals surface area (Å²) in [7, 11) is 0. The third kappa shape index (κ3) is 4.51. The Balaban J connectivity index is 1.56. The Morgan fingerprint density at radius 3 is 2.72 bits per heavy atom. The lowest BCUT2D eigenvalue weighted by Crippen LogP contribution is -2.51. The molecule has 0 saturated heterocycles. The number of benzene rings is 2. The molecule has 1 heterocycles. The molecule has 0 aromatic heterocycles. The van der Waals surface area contributed by atoms with Crippen LogP contribution in [0.5, 0.6) is 11.5 Å². The van der Waals surface area contributed by atoms with Gasteiger partial charge in [0.25, 0.3) is 5.91 Å². The van der Waals surface area contributed by atoms with Gasteiger partial charge in [-0.2, -0.15) is 0 Å². The van der Waals surface area contributed by atoms with Gasteiger partial charge in [0.15, 0.2) is 5.72 Å². The minimum atomic E-state index is -0.715. The number of hydrogen-bond donors (Lipinski definition) is 2. The molecule has 2 aromatic carbocycles. The Morgan fingerprint density at radius 1 is 1.20 bits per heavy atom. The van der Waals surface area contributed by atoms with Crippen molar-refractivity contribution in [2.24, 2.45) is 0 Å². The molecule has 3 rings (SSSR count). The van der Waals surface area contributed by atoms with Crippen molar-refractivity contribution in [1.82, 2.24) is 10.6 Å². The van der Waals surface area contributed by atoms with Gasteiger partial charge in [-0.25, -0.2) is 0 Å². The van der Waals surface area contributed by atoms with Gasteiger partial charge in [-0.3, -0.25) is 4.79 Å². The lowest BCUT2D eigenvalue weighted by molar-refractivity contribution is 0.0431. The molecule has 0 radical (unpaired) electrons. The minimum absolute atomic E-state index is 0.129. The largest absolute Gasteiger partial charge is 0.492 e. The maximum absolute atomic E-state index is 12.1. The summed E-state index contributed by atoms with van der Waals surface area (Å²) < 4.78 is 11.7. The second kappa shape index (κ2) is 7.15. The maximum Gasteiger partial charge on any atom is 0.258 e. The first-order chi connectivity index (χ1) is 11.9. The molecule has 1 unspecified atom stereocenters. The molecule has 132 valence electrons. The number of carbonyl (C=O) groups is 1. The van der Waals surface area contributed by atoms with E-state index in [4.69, 9.17) is 9.47 Å². The van der Waals surface area contributed by atoms with Crippen molar-refractivity contribution in [3.63, 3.8) is 0 Å². The Morgan fingerprint density at radius 2 is 1.96 bits per heavy atom. The summed E-state index contributed by atoms with van der Waals surface area (Å²) in [6.07, 6.45) is 0. The molecule has 0 fully saturated rings. The topological polar surface area (TPSA) is 59.6 Å². The summed E-state index contributed by atoms with van der Waals surface area (Å²) in [5, 5.41) is 6.23. The lowest BCUT2D eigenvalue weighted by atomic mass is 10.1. The normalized spacial score (nSPS) is 16.4. The van der Waals surface area contributed by atoms with Gasteiger partial charge in [-0.15, -0.1) is 0 Å². The van der Waals surface area contributed by atoms with E-state index >= 15 is 0 Å². The van der Waals surface area contributed by atoms with Crippen molar-refractivity contribution in [2.45, 2.75) is 39.1 Å². The van der Waals surface area contributed by atoms with E-state index in [1.807, 2.05) is 32.0 Å². The molecule has 1 amide bonds. The van der Waals surface area contributed by atoms with Crippen LogP contribution in [0.15, 0.2) is 48.5 Å². The molecule has 5 nitrogen and oxygen atoms in total. The average Bonchev–Trinajstić information content (AvgIpc) is 2.57. The first-order valence-corrected chi connectivity index (χ1v) is 8.49. The number of nitrogens with one attached hydrogen (secondary N) is 2. The molecule has 0 aliphatic carbocycles. The van der Waals surface area contributed by atoms with Crippen molar-refractivity contribution >= 4 is 5.91 Å². The molecular weight excluding hydrogens is 316 g/mol. The fourth-order valence-electron chi connectivity index (χ4n) is 2.67. The number of hydrogen-bond acceptors (Lipinski definition) is 4. The van der Waals surface area contributed by atoms with Gasteiger partial charge in [0.1, 0.15) is 18.1 Å². The summed E-state index contributed by atoms with van der Waals surface area (Å²) in [4.78, 5) is 12.1. The van der Waals surface area contributed by atoms with Crippen molar-refractivity contribution in [3.05, 3.63) is 59.7 Å². The van der Waals surface area contributed by atoms with Gasteiger partial charge >= 0.3 is 0 Å². The van der Waals surface area contributed by atoms with E-state index < -0.39 is 5.72 Å². The van der Waals surface area contributed by atoms with E-state index in [2.05, 4.69) is 29.7 Å². The van der Waals surface area contributed by atoms with E-state index in [0.29, 0.717) is 23.7 Å². The Hall–Kier alpha value is -2.53. The van der Waals surface area contributed by atoms with Crippen LogP contribution in [0.3, 0.4) is 0 Å². The molecule has 5 heteroatoms. The summed E-state index contributed by atoms with van der Waals surface area (Å²) in [6.45, 7) is 7.04. The summed E-state index contributed by atoms with van der Waals surface area (Å²) >= 11 is 0. The zero-order valence-electron chi connectivity index (χ0n) is 14.8. The van der Waals surface area contributed by atoms with Crippen LogP contribution in [0.25, 0.3) is 0 Å². The van der Waals surface area contributed by atoms with E-state index in [-0.39, 0.29) is 11.9 Å². The second-order valence-corrected chi connectivity index (χ2v) is 6.80. The fourth-order valence-corrected chi connectivity index (χ4v) is 2.67. The predicted octanol–water partition coefficient (Wildman–Crippen LogP) is 3.10. The van der Waals surface area contributed by atoms with Crippen LogP contribution < -0.4 is 20.1 Å². The highest BCUT2D eigenvalue weighted by atomic mass is 16.5. The standard InChI is InChI=1S/C20H24N2O3/c1-14(21-12-15-7-5-4-6-8-15)13-24-16-9-10-17-18(11-16)25-20(2,3)22-19(17)23/h4-11,14,21H,12-13H2,1-3H3,(H,22,23). The van der Waals surface area contributed by atoms with Crippen LogP contribution in [0, 0.1) is 0 Å². The molecule has 1 aliphatic heterocycles. The molecular formula is C20H24N2O3. The van der Waals surface area contributed by atoms with Crippen LogP contribution >= 0.6 is 0 Å². The zero-order valence-corrected chi connectivity index (χ0v) is 14.8. The highest BCUT2D eigenvalue weighted by Gasteiger charge is 2.31. The Kier molecular flexibility index (Phi) is 4.95. The average molecular weight is 340 g/mol. The van der Waals surface area contributed by atoms with E-state index in [0.717, 1.165) is 6.54 Å². The number of amides is 1. The van der Waals surface area contributed by atoms with Crippen LogP contribution in [-0.4, -0.2) is 24.3 Å². The molecule has 2 N–H and O–H groups in total. The predicted molar refractivity (Wildman–Crippen MR) is 96.9 cm³/mol.